The third kappa shape index (κ3) is 5.28. The van der Waals surface area contributed by atoms with Crippen LogP contribution in [0.25, 0.3) is 0 Å². The molecule has 2 saturated heterocycles. The van der Waals surface area contributed by atoms with Crippen molar-refractivity contribution in [1.29, 1.82) is 0 Å². The maximum Gasteiger partial charge on any atom is 0.330 e. The standard InChI is InChI=1S/C15H22O8/c1-4-13(16)18-6-5-14(17)23-15(11-7-19-9(2)21-11)12-8-20-10(3)22-12/h4,9-12,15H,1,5-8H2,2-3H3. The first-order valence-corrected chi connectivity index (χ1v) is 7.52. The van der Waals surface area contributed by atoms with Gasteiger partial charge in [0.25, 0.3) is 0 Å². The van der Waals surface area contributed by atoms with Gasteiger partial charge in [0.05, 0.1) is 19.6 Å². The molecule has 4 unspecified atom stereocenters. The maximum atomic E-state index is 12.0. The molecule has 0 aromatic heterocycles. The zero-order valence-electron chi connectivity index (χ0n) is 13.3. The van der Waals surface area contributed by atoms with Crippen LogP contribution in [0.4, 0.5) is 0 Å². The molecule has 0 aromatic rings. The average Bonchev–Trinajstić information content (AvgIpc) is 3.13. The normalized spacial score (nSPS) is 31.6. The highest BCUT2D eigenvalue weighted by Gasteiger charge is 2.42. The van der Waals surface area contributed by atoms with E-state index in [0.29, 0.717) is 13.2 Å². The summed E-state index contributed by atoms with van der Waals surface area (Å²) in [6, 6.07) is 0. The van der Waals surface area contributed by atoms with Crippen LogP contribution in [0.15, 0.2) is 12.7 Å². The Kier molecular flexibility index (Phi) is 6.52. The summed E-state index contributed by atoms with van der Waals surface area (Å²) in [5.41, 5.74) is 0. The van der Waals surface area contributed by atoms with Crippen LogP contribution in [0, 0.1) is 0 Å². The summed E-state index contributed by atoms with van der Waals surface area (Å²) in [4.78, 5) is 22.9. The fourth-order valence-electron chi connectivity index (χ4n) is 2.35. The Morgan fingerprint density at radius 3 is 2.17 bits per heavy atom. The Hall–Kier alpha value is -1.48. The molecule has 8 heteroatoms. The van der Waals surface area contributed by atoms with E-state index < -0.39 is 30.3 Å². The second-order valence-electron chi connectivity index (χ2n) is 5.23. The molecule has 0 saturated carbocycles. The topological polar surface area (TPSA) is 89.5 Å². The second kappa shape index (κ2) is 8.39. The van der Waals surface area contributed by atoms with E-state index in [0.717, 1.165) is 6.08 Å². The zero-order valence-corrected chi connectivity index (χ0v) is 13.3. The summed E-state index contributed by atoms with van der Waals surface area (Å²) in [6.07, 6.45) is -1.27. The van der Waals surface area contributed by atoms with Crippen LogP contribution in [-0.2, 0) is 38.0 Å². The predicted molar refractivity (Wildman–Crippen MR) is 76.2 cm³/mol. The number of rotatable bonds is 7. The first-order valence-electron chi connectivity index (χ1n) is 7.52. The number of hydrogen-bond donors (Lipinski definition) is 0. The predicted octanol–water partition coefficient (Wildman–Crippen LogP) is 0.540. The van der Waals surface area contributed by atoms with E-state index in [1.165, 1.54) is 0 Å². The lowest BCUT2D eigenvalue weighted by molar-refractivity contribution is -0.172. The van der Waals surface area contributed by atoms with E-state index in [1.54, 1.807) is 13.8 Å². The molecule has 0 aromatic carbocycles. The molecule has 0 spiro atoms. The largest absolute Gasteiger partial charge is 0.462 e. The lowest BCUT2D eigenvalue weighted by atomic mass is 10.1. The second-order valence-corrected chi connectivity index (χ2v) is 5.23. The van der Waals surface area contributed by atoms with Gasteiger partial charge in [-0.25, -0.2) is 4.79 Å². The van der Waals surface area contributed by atoms with Crippen LogP contribution in [0.2, 0.25) is 0 Å². The number of hydrogen-bond acceptors (Lipinski definition) is 8. The Morgan fingerprint density at radius 2 is 1.74 bits per heavy atom. The van der Waals surface area contributed by atoms with Gasteiger partial charge in [-0.15, -0.1) is 0 Å². The van der Waals surface area contributed by atoms with Crippen molar-refractivity contribution in [2.24, 2.45) is 0 Å². The summed E-state index contributed by atoms with van der Waals surface area (Å²) >= 11 is 0. The Bertz CT molecular complexity index is 417. The van der Waals surface area contributed by atoms with E-state index in [1.807, 2.05) is 0 Å². The van der Waals surface area contributed by atoms with Crippen molar-refractivity contribution in [3.05, 3.63) is 12.7 Å². The van der Waals surface area contributed by atoms with Crippen molar-refractivity contribution in [2.45, 2.75) is 51.2 Å². The van der Waals surface area contributed by atoms with E-state index in [-0.39, 0.29) is 25.6 Å². The van der Waals surface area contributed by atoms with Crippen molar-refractivity contribution in [1.82, 2.24) is 0 Å². The van der Waals surface area contributed by atoms with E-state index in [4.69, 9.17) is 28.4 Å². The van der Waals surface area contributed by atoms with E-state index in [2.05, 4.69) is 6.58 Å². The lowest BCUT2D eigenvalue weighted by Gasteiger charge is -2.26. The maximum absolute atomic E-state index is 12.0. The van der Waals surface area contributed by atoms with Crippen LogP contribution < -0.4 is 0 Å². The van der Waals surface area contributed by atoms with Crippen LogP contribution >= 0.6 is 0 Å². The zero-order chi connectivity index (χ0) is 16.8. The molecule has 8 nitrogen and oxygen atoms in total. The smallest absolute Gasteiger partial charge is 0.330 e. The molecule has 2 fully saturated rings. The van der Waals surface area contributed by atoms with Gasteiger partial charge in [0.1, 0.15) is 18.8 Å². The van der Waals surface area contributed by atoms with Gasteiger partial charge in [-0.3, -0.25) is 4.79 Å². The van der Waals surface area contributed by atoms with Crippen molar-refractivity contribution in [3.8, 4) is 0 Å². The summed E-state index contributed by atoms with van der Waals surface area (Å²) < 4.78 is 32.1. The van der Waals surface area contributed by atoms with Crippen molar-refractivity contribution >= 4 is 11.9 Å². The van der Waals surface area contributed by atoms with Gasteiger partial charge in [-0.2, -0.15) is 0 Å². The number of ether oxygens (including phenoxy) is 6. The molecule has 23 heavy (non-hydrogen) atoms. The summed E-state index contributed by atoms with van der Waals surface area (Å²) in [5, 5.41) is 0. The molecule has 0 amide bonds. The highest BCUT2D eigenvalue weighted by atomic mass is 16.8. The summed E-state index contributed by atoms with van der Waals surface area (Å²) in [6.45, 7) is 7.34. The Labute approximate surface area is 134 Å². The highest BCUT2D eigenvalue weighted by molar-refractivity contribution is 5.81. The molecule has 2 aliphatic rings. The van der Waals surface area contributed by atoms with Gasteiger partial charge in [0.15, 0.2) is 18.7 Å². The number of carbonyl (C=O) groups is 2. The van der Waals surface area contributed by atoms with E-state index in [9.17, 15) is 9.59 Å². The van der Waals surface area contributed by atoms with Crippen LogP contribution in [-0.4, -0.2) is 62.7 Å². The van der Waals surface area contributed by atoms with Crippen molar-refractivity contribution in [2.75, 3.05) is 19.8 Å². The van der Waals surface area contributed by atoms with Crippen LogP contribution in [0.1, 0.15) is 20.3 Å². The first kappa shape index (κ1) is 17.9. The molecular weight excluding hydrogens is 308 g/mol. The minimum Gasteiger partial charge on any atom is -0.462 e. The van der Waals surface area contributed by atoms with Gasteiger partial charge in [-0.1, -0.05) is 6.58 Å². The SMILES string of the molecule is C=CC(=O)OCCC(=O)OC(C1COC(C)O1)C1COC(C)O1. The molecule has 0 N–H and O–H groups in total. The van der Waals surface area contributed by atoms with Crippen molar-refractivity contribution < 1.29 is 38.0 Å². The third-order valence-corrected chi connectivity index (χ3v) is 3.44. The molecule has 2 rings (SSSR count). The van der Waals surface area contributed by atoms with Gasteiger partial charge in [-0.05, 0) is 13.8 Å². The quantitative estimate of drug-likeness (QED) is 0.493. The molecule has 0 radical (unpaired) electrons. The first-order chi connectivity index (χ1) is 11.0. The minimum atomic E-state index is -0.646. The van der Waals surface area contributed by atoms with E-state index >= 15 is 0 Å². The van der Waals surface area contributed by atoms with Crippen LogP contribution in [0.3, 0.4) is 0 Å². The Morgan fingerprint density at radius 1 is 1.17 bits per heavy atom. The number of carbonyl (C=O) groups excluding carboxylic acids is 2. The average molecular weight is 330 g/mol. The number of esters is 2. The monoisotopic (exact) mass is 330 g/mol. The minimum absolute atomic E-state index is 0.0671. The molecule has 2 heterocycles. The molecule has 2 aliphatic heterocycles. The molecular formula is C15H22O8. The molecule has 130 valence electrons. The lowest BCUT2D eigenvalue weighted by Crippen LogP contribution is -2.44. The molecule has 0 bridgehead atoms. The van der Waals surface area contributed by atoms with Gasteiger partial charge in [0.2, 0.25) is 0 Å². The fourth-order valence-corrected chi connectivity index (χ4v) is 2.35. The molecule has 4 atom stereocenters. The van der Waals surface area contributed by atoms with Gasteiger partial charge >= 0.3 is 11.9 Å². The third-order valence-electron chi connectivity index (χ3n) is 3.44. The summed E-state index contributed by atoms with van der Waals surface area (Å²) in [7, 11) is 0. The van der Waals surface area contributed by atoms with Crippen molar-refractivity contribution in [3.63, 3.8) is 0 Å². The fraction of sp³-hybridized carbons (Fsp3) is 0.733. The van der Waals surface area contributed by atoms with Gasteiger partial charge < -0.3 is 28.4 Å². The summed E-state index contributed by atoms with van der Waals surface area (Å²) in [5.74, 6) is -1.10. The Balaban J connectivity index is 1.87. The van der Waals surface area contributed by atoms with Gasteiger partial charge in [0, 0.05) is 6.08 Å². The highest BCUT2D eigenvalue weighted by Crippen LogP contribution is 2.25. The van der Waals surface area contributed by atoms with Crippen LogP contribution in [0.5, 0.6) is 0 Å². The molecule has 0 aliphatic carbocycles.